The lowest BCUT2D eigenvalue weighted by Gasteiger charge is -2.32. The van der Waals surface area contributed by atoms with E-state index in [9.17, 15) is 19.2 Å². The van der Waals surface area contributed by atoms with Crippen LogP contribution in [0.2, 0.25) is 0 Å². The van der Waals surface area contributed by atoms with Crippen LogP contribution in [0.1, 0.15) is 155 Å². The number of methoxy groups -OCH3 is 2. The van der Waals surface area contributed by atoms with Crippen LogP contribution in [0, 0.1) is 0 Å². The number of para-hydroxylation sites is 2. The highest BCUT2D eigenvalue weighted by atomic mass is 16.5. The van der Waals surface area contributed by atoms with Crippen molar-refractivity contribution in [2.24, 2.45) is 0 Å². The van der Waals surface area contributed by atoms with E-state index in [0.717, 1.165) is 102 Å². The number of hydrogen-bond acceptors (Lipinski definition) is 8. The molecule has 4 aromatic rings. The second-order valence-corrected chi connectivity index (χ2v) is 16.2. The van der Waals surface area contributed by atoms with Crippen LogP contribution in [0.25, 0.3) is 10.8 Å². The number of nitrogens with one attached hydrogen (secondary N) is 2. The molecule has 0 atom stereocenters. The van der Waals surface area contributed by atoms with Gasteiger partial charge in [0, 0.05) is 70.3 Å². The molecular formula is C50H64N4O6. The lowest BCUT2D eigenvalue weighted by Crippen LogP contribution is -2.43. The Morgan fingerprint density at radius 2 is 0.700 bits per heavy atom. The van der Waals surface area contributed by atoms with E-state index >= 15 is 0 Å². The van der Waals surface area contributed by atoms with Gasteiger partial charge in [0.15, 0.2) is 0 Å². The fourth-order valence-electron chi connectivity index (χ4n) is 8.69. The highest BCUT2D eigenvalue weighted by Crippen LogP contribution is 2.38. The summed E-state index contributed by atoms with van der Waals surface area (Å²) >= 11 is 0. The minimum atomic E-state index is -0.349. The van der Waals surface area contributed by atoms with Crippen molar-refractivity contribution in [2.45, 2.75) is 116 Å². The van der Waals surface area contributed by atoms with Gasteiger partial charge >= 0.3 is 0 Å². The number of benzene rings is 4. The van der Waals surface area contributed by atoms with Crippen LogP contribution in [0.5, 0.6) is 11.5 Å². The second-order valence-electron chi connectivity index (χ2n) is 16.2. The number of carbonyl (C=O) groups excluding carboxylic acids is 4. The summed E-state index contributed by atoms with van der Waals surface area (Å²) in [6.45, 7) is 4.29. The Balaban J connectivity index is 0.860. The molecule has 0 radical (unpaired) electrons. The summed E-state index contributed by atoms with van der Waals surface area (Å²) in [7, 11) is 3.41. The fourth-order valence-corrected chi connectivity index (χ4v) is 8.69. The van der Waals surface area contributed by atoms with E-state index in [0.29, 0.717) is 46.1 Å². The maximum atomic E-state index is 13.7. The summed E-state index contributed by atoms with van der Waals surface area (Å²) in [6.07, 6.45) is 17.2. The van der Waals surface area contributed by atoms with E-state index in [4.69, 9.17) is 9.47 Å². The van der Waals surface area contributed by atoms with Crippen LogP contribution >= 0.6 is 0 Å². The van der Waals surface area contributed by atoms with Gasteiger partial charge in [0.2, 0.25) is 0 Å². The van der Waals surface area contributed by atoms with Crippen molar-refractivity contribution < 1.29 is 28.7 Å². The van der Waals surface area contributed by atoms with Gasteiger partial charge in [-0.2, -0.15) is 0 Å². The first-order chi connectivity index (χ1) is 29.4. The molecule has 6 rings (SSSR count). The molecular weight excluding hydrogens is 753 g/mol. The first-order valence-electron chi connectivity index (χ1n) is 22.4. The molecule has 0 bridgehead atoms. The molecule has 2 heterocycles. The van der Waals surface area contributed by atoms with E-state index < -0.39 is 0 Å². The van der Waals surface area contributed by atoms with Crippen molar-refractivity contribution in [3.8, 4) is 11.5 Å². The van der Waals surface area contributed by atoms with Crippen LogP contribution < -0.4 is 20.1 Å². The van der Waals surface area contributed by atoms with Crippen molar-refractivity contribution in [2.75, 3.05) is 40.4 Å². The van der Waals surface area contributed by atoms with Crippen LogP contribution in [0.15, 0.2) is 72.8 Å². The minimum Gasteiger partial charge on any atom is -0.496 e. The summed E-state index contributed by atoms with van der Waals surface area (Å²) in [5, 5.41) is 7.91. The topological polar surface area (TPSA) is 117 Å². The number of hydrogen-bond donors (Lipinski definition) is 2. The average molecular weight is 817 g/mol. The quantitative estimate of drug-likeness (QED) is 0.0430. The van der Waals surface area contributed by atoms with Crippen molar-refractivity contribution in [3.05, 3.63) is 106 Å². The zero-order chi connectivity index (χ0) is 42.1. The third-order valence-electron chi connectivity index (χ3n) is 12.0. The van der Waals surface area contributed by atoms with Crippen LogP contribution in [-0.2, 0) is 13.1 Å². The van der Waals surface area contributed by atoms with Gasteiger partial charge in [-0.05, 0) is 75.2 Å². The summed E-state index contributed by atoms with van der Waals surface area (Å²) in [5.41, 5.74) is 3.91. The molecule has 2 N–H and O–H groups in total. The molecule has 0 fully saturated rings. The number of imide groups is 2. The zero-order valence-corrected chi connectivity index (χ0v) is 35.8. The average Bonchev–Trinajstić information content (AvgIpc) is 3.27. The van der Waals surface area contributed by atoms with Crippen molar-refractivity contribution in [1.29, 1.82) is 0 Å². The smallest absolute Gasteiger partial charge is 0.261 e. The van der Waals surface area contributed by atoms with Gasteiger partial charge in [0.1, 0.15) is 11.5 Å². The Hall–Kier alpha value is -5.06. The van der Waals surface area contributed by atoms with Gasteiger partial charge in [-0.15, -0.1) is 0 Å². The van der Waals surface area contributed by atoms with Crippen LogP contribution in [0.4, 0.5) is 0 Å². The molecule has 60 heavy (non-hydrogen) atoms. The van der Waals surface area contributed by atoms with E-state index in [1.54, 1.807) is 38.5 Å². The predicted molar refractivity (Wildman–Crippen MR) is 238 cm³/mol. The maximum absolute atomic E-state index is 13.7. The Kier molecular flexibility index (Phi) is 17.1. The number of rotatable bonds is 28. The minimum absolute atomic E-state index is 0.349. The van der Waals surface area contributed by atoms with Crippen molar-refractivity contribution in [1.82, 2.24) is 20.4 Å². The van der Waals surface area contributed by atoms with Gasteiger partial charge in [-0.1, -0.05) is 113 Å². The number of nitrogens with zero attached hydrogens (tertiary/aromatic N) is 2. The lowest BCUT2D eigenvalue weighted by molar-refractivity contribution is 0.0586. The Bertz CT molecular complexity index is 1860. The zero-order valence-electron chi connectivity index (χ0n) is 35.8. The highest BCUT2D eigenvalue weighted by Gasteiger charge is 2.39. The van der Waals surface area contributed by atoms with Gasteiger partial charge in [-0.25, -0.2) is 0 Å². The van der Waals surface area contributed by atoms with Gasteiger partial charge in [-0.3, -0.25) is 29.0 Å². The first-order valence-corrected chi connectivity index (χ1v) is 22.4. The lowest BCUT2D eigenvalue weighted by atomic mass is 9.86. The van der Waals surface area contributed by atoms with Gasteiger partial charge < -0.3 is 20.1 Å². The summed E-state index contributed by atoms with van der Waals surface area (Å²) in [5.74, 6) is 0.444. The molecule has 0 unspecified atom stereocenters. The van der Waals surface area contributed by atoms with Gasteiger partial charge in [0.05, 0.1) is 14.2 Å². The molecule has 4 amide bonds. The Morgan fingerprint density at radius 3 is 1.03 bits per heavy atom. The molecule has 320 valence electrons. The van der Waals surface area contributed by atoms with E-state index in [1.165, 1.54) is 59.5 Å². The molecule has 4 aromatic carbocycles. The second kappa shape index (κ2) is 23.1. The van der Waals surface area contributed by atoms with Crippen LogP contribution in [0.3, 0.4) is 0 Å². The highest BCUT2D eigenvalue weighted by molar-refractivity contribution is 6.33. The summed E-state index contributed by atoms with van der Waals surface area (Å²) in [4.78, 5) is 57.5. The van der Waals surface area contributed by atoms with Crippen molar-refractivity contribution in [3.63, 3.8) is 0 Å². The molecule has 0 aromatic heterocycles. The largest absolute Gasteiger partial charge is 0.496 e. The number of carbonyl (C=O) groups is 4. The molecule has 0 aliphatic carbocycles. The molecule has 0 saturated heterocycles. The summed E-state index contributed by atoms with van der Waals surface area (Å²) in [6, 6.07) is 22.9. The third-order valence-corrected chi connectivity index (χ3v) is 12.0. The van der Waals surface area contributed by atoms with E-state index in [-0.39, 0.29) is 23.6 Å². The molecule has 2 aliphatic rings. The maximum Gasteiger partial charge on any atom is 0.261 e. The fraction of sp³-hybridized carbons (Fsp3) is 0.480. The van der Waals surface area contributed by atoms with Gasteiger partial charge in [0.25, 0.3) is 23.6 Å². The third kappa shape index (κ3) is 11.2. The standard InChI is InChI=1S/C50H64N4O6/c1-59-43-25-17-15-23-37(43)35-51-31-19-11-7-3-5-9-13-21-33-53-47(55)39-27-29-41-46-42(30-28-40(45(39)46)48(53)56)50(58)54(49(41)57)34-22-14-10-6-4-8-12-20-32-52-36-38-24-16-18-26-44(38)60-2/h15-18,23-30,51-52H,3-14,19-22,31-36H2,1-2H3. The molecule has 10 nitrogen and oxygen atoms in total. The van der Waals surface area contributed by atoms with E-state index in [2.05, 4.69) is 22.8 Å². The molecule has 0 saturated carbocycles. The SMILES string of the molecule is COc1ccccc1CNCCCCCCCCCCN1C(=O)c2ccc3c4c(ccc(c24)C1=O)C(=O)N(CCCCCCCCCCNCc1ccccc1OC)C3=O. The molecule has 0 spiro atoms. The molecule has 2 aliphatic heterocycles. The monoisotopic (exact) mass is 816 g/mol. The Labute approximate surface area is 356 Å². The first kappa shape index (κ1) is 44.5. The Morgan fingerprint density at radius 1 is 0.400 bits per heavy atom. The number of amides is 4. The normalized spacial score (nSPS) is 13.5. The van der Waals surface area contributed by atoms with Crippen molar-refractivity contribution >= 4 is 34.4 Å². The number of ether oxygens (including phenoxy) is 2. The number of unbranched alkanes of at least 4 members (excludes halogenated alkanes) is 14. The van der Waals surface area contributed by atoms with Crippen LogP contribution in [-0.4, -0.2) is 73.8 Å². The molecule has 10 heteroatoms. The predicted octanol–water partition coefficient (Wildman–Crippen LogP) is 9.87. The van der Waals surface area contributed by atoms with E-state index in [1.807, 2.05) is 36.4 Å². The summed E-state index contributed by atoms with van der Waals surface area (Å²) < 4.78 is 10.8.